The summed E-state index contributed by atoms with van der Waals surface area (Å²) in [7, 11) is 1.54. The minimum Gasteiger partial charge on any atom is -0.385 e. The van der Waals surface area contributed by atoms with E-state index in [1.165, 1.54) is 0 Å². The van der Waals surface area contributed by atoms with Crippen molar-refractivity contribution in [1.29, 1.82) is 0 Å². The molecule has 1 rings (SSSR count). The Morgan fingerprint density at radius 3 is 2.35 bits per heavy atom. The summed E-state index contributed by atoms with van der Waals surface area (Å²) >= 11 is 0. The van der Waals surface area contributed by atoms with Gasteiger partial charge in [0.15, 0.2) is 0 Å². The molecule has 1 aromatic carbocycles. The molecular weight excluding hydrogens is 332 g/mol. The van der Waals surface area contributed by atoms with Crippen molar-refractivity contribution >= 4 is 6.29 Å². The summed E-state index contributed by atoms with van der Waals surface area (Å²) in [6.45, 7) is 8.31. The van der Waals surface area contributed by atoms with E-state index in [1.807, 2.05) is 58.0 Å². The summed E-state index contributed by atoms with van der Waals surface area (Å²) in [5.41, 5.74) is -0.546. The van der Waals surface area contributed by atoms with Crippen LogP contribution in [0.1, 0.15) is 52.5 Å². The zero-order valence-corrected chi connectivity index (χ0v) is 16.7. The van der Waals surface area contributed by atoms with E-state index in [0.717, 1.165) is 18.3 Å². The molecule has 0 saturated carbocycles. The molecule has 0 fully saturated rings. The van der Waals surface area contributed by atoms with Gasteiger partial charge in [-0.3, -0.25) is 0 Å². The Hall–Kier alpha value is -1.27. The number of hydrogen-bond acceptors (Lipinski definition) is 5. The molecule has 0 unspecified atom stereocenters. The topological polar surface area (TPSA) is 65.0 Å². The van der Waals surface area contributed by atoms with E-state index in [9.17, 15) is 9.90 Å². The van der Waals surface area contributed by atoms with Gasteiger partial charge in [0.1, 0.15) is 18.0 Å². The van der Waals surface area contributed by atoms with Gasteiger partial charge in [-0.05, 0) is 32.8 Å². The third-order valence-corrected chi connectivity index (χ3v) is 4.23. The molecule has 0 aliphatic rings. The number of methoxy groups -OCH3 is 1. The van der Waals surface area contributed by atoms with Gasteiger partial charge in [0.25, 0.3) is 0 Å². The number of benzene rings is 1. The second-order valence-electron chi connectivity index (χ2n) is 7.69. The predicted octanol–water partition coefficient (Wildman–Crippen LogP) is 3.52. The molecule has 0 spiro atoms. The van der Waals surface area contributed by atoms with Crippen LogP contribution in [0.15, 0.2) is 30.3 Å². The lowest BCUT2D eigenvalue weighted by Crippen LogP contribution is -2.50. The molecule has 0 aliphatic heterocycles. The van der Waals surface area contributed by atoms with E-state index in [-0.39, 0.29) is 18.6 Å². The number of hydrogen-bond donors (Lipinski definition) is 1. The fourth-order valence-corrected chi connectivity index (χ4v) is 2.79. The standard InChI is InChI=1S/C21H34O5/c1-6-12-21(23,16-26-20(2,3)4)19(24-5)13-18(14-22)25-15-17-10-8-7-9-11-17/h7-11,14,18-19,23H,6,12-13,15-16H2,1-5H3/t18-,19+,21-/m0/s1. The number of ether oxygens (including phenoxy) is 3. The van der Waals surface area contributed by atoms with Gasteiger partial charge in [0.05, 0.1) is 24.9 Å². The minimum atomic E-state index is -1.17. The van der Waals surface area contributed by atoms with Crippen LogP contribution in [-0.4, -0.2) is 48.5 Å². The summed E-state index contributed by atoms with van der Waals surface area (Å²) in [4.78, 5) is 11.5. The second kappa shape index (κ2) is 10.8. The normalized spacial score (nSPS) is 16.7. The minimum absolute atomic E-state index is 0.146. The van der Waals surface area contributed by atoms with Gasteiger partial charge >= 0.3 is 0 Å². The molecular formula is C21H34O5. The second-order valence-corrected chi connectivity index (χ2v) is 7.69. The zero-order chi connectivity index (χ0) is 19.6. The molecule has 5 nitrogen and oxygen atoms in total. The van der Waals surface area contributed by atoms with Crippen molar-refractivity contribution in [3.8, 4) is 0 Å². The molecule has 5 heteroatoms. The number of aldehydes is 1. The lowest BCUT2D eigenvalue weighted by Gasteiger charge is -2.38. The first-order valence-corrected chi connectivity index (χ1v) is 9.24. The average molecular weight is 366 g/mol. The predicted molar refractivity (Wildman–Crippen MR) is 102 cm³/mol. The van der Waals surface area contributed by atoms with Crippen LogP contribution in [0.4, 0.5) is 0 Å². The summed E-state index contributed by atoms with van der Waals surface area (Å²) in [6, 6.07) is 9.68. The summed E-state index contributed by atoms with van der Waals surface area (Å²) in [5.74, 6) is 0. The molecule has 148 valence electrons. The molecule has 1 aromatic rings. The largest absolute Gasteiger partial charge is 0.385 e. The molecule has 3 atom stereocenters. The Morgan fingerprint density at radius 1 is 1.19 bits per heavy atom. The van der Waals surface area contributed by atoms with Crippen molar-refractivity contribution in [1.82, 2.24) is 0 Å². The van der Waals surface area contributed by atoms with E-state index >= 15 is 0 Å². The van der Waals surface area contributed by atoms with Crippen LogP contribution in [0.3, 0.4) is 0 Å². The molecule has 0 radical (unpaired) electrons. The first-order chi connectivity index (χ1) is 12.2. The maximum Gasteiger partial charge on any atom is 0.148 e. The lowest BCUT2D eigenvalue weighted by atomic mass is 9.88. The SMILES string of the molecule is CCC[C@](O)(COC(C)(C)C)[C@@H](C[C@@H](C=O)OCc1ccccc1)OC. The third-order valence-electron chi connectivity index (χ3n) is 4.23. The number of carbonyl (C=O) groups excluding carboxylic acids is 1. The summed E-state index contributed by atoms with van der Waals surface area (Å²) in [5, 5.41) is 11.1. The molecule has 0 heterocycles. The van der Waals surface area contributed by atoms with Crippen LogP contribution in [0.2, 0.25) is 0 Å². The third kappa shape index (κ3) is 7.96. The molecule has 0 saturated heterocycles. The van der Waals surface area contributed by atoms with Crippen LogP contribution < -0.4 is 0 Å². The smallest absolute Gasteiger partial charge is 0.148 e. The van der Waals surface area contributed by atoms with E-state index in [2.05, 4.69) is 0 Å². The van der Waals surface area contributed by atoms with Gasteiger partial charge in [-0.1, -0.05) is 43.7 Å². The van der Waals surface area contributed by atoms with Crippen LogP contribution in [0.25, 0.3) is 0 Å². The maximum atomic E-state index is 11.5. The van der Waals surface area contributed by atoms with Crippen molar-refractivity contribution in [2.24, 2.45) is 0 Å². The van der Waals surface area contributed by atoms with Crippen molar-refractivity contribution in [3.05, 3.63) is 35.9 Å². The lowest BCUT2D eigenvalue weighted by molar-refractivity contribution is -0.171. The van der Waals surface area contributed by atoms with Gasteiger partial charge in [0.2, 0.25) is 0 Å². The Morgan fingerprint density at radius 2 is 1.85 bits per heavy atom. The van der Waals surface area contributed by atoms with Gasteiger partial charge in [-0.25, -0.2) is 0 Å². The highest BCUT2D eigenvalue weighted by molar-refractivity contribution is 5.56. The van der Waals surface area contributed by atoms with Gasteiger partial charge in [0, 0.05) is 13.5 Å². The Labute approximate surface area is 157 Å². The monoisotopic (exact) mass is 366 g/mol. The van der Waals surface area contributed by atoms with Gasteiger partial charge < -0.3 is 24.1 Å². The average Bonchev–Trinajstić information content (AvgIpc) is 2.61. The molecule has 1 N–H and O–H groups in total. The van der Waals surface area contributed by atoms with E-state index in [1.54, 1.807) is 7.11 Å². The van der Waals surface area contributed by atoms with Crippen molar-refractivity contribution in [3.63, 3.8) is 0 Å². The Bertz CT molecular complexity index is 511. The van der Waals surface area contributed by atoms with Crippen molar-refractivity contribution < 1.29 is 24.1 Å². The maximum absolute atomic E-state index is 11.5. The summed E-state index contributed by atoms with van der Waals surface area (Å²) in [6.07, 6.45) is 1.13. The number of aliphatic hydroxyl groups is 1. The number of rotatable bonds is 12. The Balaban J connectivity index is 2.75. The fraction of sp³-hybridized carbons (Fsp3) is 0.667. The van der Waals surface area contributed by atoms with Gasteiger partial charge in [-0.2, -0.15) is 0 Å². The van der Waals surface area contributed by atoms with Crippen LogP contribution >= 0.6 is 0 Å². The van der Waals surface area contributed by atoms with E-state index in [4.69, 9.17) is 14.2 Å². The highest BCUT2D eigenvalue weighted by atomic mass is 16.5. The van der Waals surface area contributed by atoms with Crippen LogP contribution in [-0.2, 0) is 25.6 Å². The van der Waals surface area contributed by atoms with Crippen LogP contribution in [0, 0.1) is 0 Å². The molecule has 0 aliphatic carbocycles. The van der Waals surface area contributed by atoms with E-state index < -0.39 is 17.8 Å². The van der Waals surface area contributed by atoms with Crippen molar-refractivity contribution in [2.75, 3.05) is 13.7 Å². The Kier molecular flexibility index (Phi) is 9.44. The van der Waals surface area contributed by atoms with Crippen LogP contribution in [0.5, 0.6) is 0 Å². The highest BCUT2D eigenvalue weighted by Gasteiger charge is 2.39. The zero-order valence-electron chi connectivity index (χ0n) is 16.7. The van der Waals surface area contributed by atoms with Gasteiger partial charge in [-0.15, -0.1) is 0 Å². The highest BCUT2D eigenvalue weighted by Crippen LogP contribution is 2.27. The molecule has 0 bridgehead atoms. The quantitative estimate of drug-likeness (QED) is 0.573. The molecule has 0 aromatic heterocycles. The van der Waals surface area contributed by atoms with Crippen molar-refractivity contribution in [2.45, 2.75) is 77.0 Å². The fourth-order valence-electron chi connectivity index (χ4n) is 2.79. The molecule has 26 heavy (non-hydrogen) atoms. The molecule has 0 amide bonds. The number of carbonyl (C=O) groups is 1. The van der Waals surface area contributed by atoms with E-state index in [0.29, 0.717) is 13.0 Å². The first-order valence-electron chi connectivity index (χ1n) is 9.24. The first kappa shape index (κ1) is 22.8. The summed E-state index contributed by atoms with van der Waals surface area (Å²) < 4.78 is 17.1.